The number of pyridine rings is 1. The van der Waals surface area contributed by atoms with Gasteiger partial charge in [0.05, 0.1) is 12.8 Å². The molecule has 1 aliphatic rings. The third-order valence-corrected chi connectivity index (χ3v) is 2.98. The maximum absolute atomic E-state index is 5.58. The van der Waals surface area contributed by atoms with Crippen LogP contribution in [-0.4, -0.2) is 24.2 Å². The minimum Gasteiger partial charge on any atom is -0.492 e. The second-order valence-electron chi connectivity index (χ2n) is 4.68. The lowest BCUT2D eigenvalue weighted by Gasteiger charge is -2.05. The van der Waals surface area contributed by atoms with Crippen LogP contribution in [0.4, 0.5) is 0 Å². The van der Waals surface area contributed by atoms with Crippen LogP contribution in [0.3, 0.4) is 0 Å². The van der Waals surface area contributed by atoms with E-state index in [1.165, 1.54) is 38.6 Å². The lowest BCUT2D eigenvalue weighted by atomic mass is 10.2. The highest BCUT2D eigenvalue weighted by atomic mass is 16.5. The number of ether oxygens (including phenoxy) is 1. The van der Waals surface area contributed by atoms with E-state index in [1.54, 1.807) is 12.4 Å². The van der Waals surface area contributed by atoms with Crippen molar-refractivity contribution in [1.29, 1.82) is 0 Å². The molecule has 0 radical (unpaired) electrons. The minimum absolute atomic E-state index is 0.807. The van der Waals surface area contributed by atoms with Crippen molar-refractivity contribution >= 4 is 0 Å². The molecule has 0 atom stereocenters. The number of unbranched alkanes of at least 4 members (excludes halogenated alkanes) is 3. The molecule has 1 aromatic rings. The topological polar surface area (TPSA) is 34.1 Å². The van der Waals surface area contributed by atoms with Gasteiger partial charge in [0.2, 0.25) is 0 Å². The first-order valence-corrected chi connectivity index (χ1v) is 6.71. The Morgan fingerprint density at radius 1 is 1.24 bits per heavy atom. The molecule has 0 spiro atoms. The van der Waals surface area contributed by atoms with Gasteiger partial charge >= 0.3 is 0 Å². The van der Waals surface area contributed by atoms with Gasteiger partial charge < -0.3 is 10.1 Å². The van der Waals surface area contributed by atoms with Crippen molar-refractivity contribution in [2.24, 2.45) is 0 Å². The van der Waals surface area contributed by atoms with E-state index in [0.717, 1.165) is 24.8 Å². The Kier molecular flexibility index (Phi) is 5.30. The minimum atomic E-state index is 0.807. The second-order valence-corrected chi connectivity index (χ2v) is 4.68. The maximum atomic E-state index is 5.58. The van der Waals surface area contributed by atoms with E-state index in [1.807, 2.05) is 12.1 Å². The van der Waals surface area contributed by atoms with Crippen LogP contribution >= 0.6 is 0 Å². The first-order valence-electron chi connectivity index (χ1n) is 6.71. The third kappa shape index (κ3) is 5.68. The average molecular weight is 234 g/mol. The zero-order chi connectivity index (χ0) is 11.8. The lowest BCUT2D eigenvalue weighted by molar-refractivity contribution is 0.303. The van der Waals surface area contributed by atoms with Crippen molar-refractivity contribution < 1.29 is 4.74 Å². The summed E-state index contributed by atoms with van der Waals surface area (Å²) in [5.74, 6) is 0.878. The molecule has 1 aliphatic carbocycles. The number of nitrogens with zero attached hydrogens (tertiary/aromatic N) is 1. The van der Waals surface area contributed by atoms with Gasteiger partial charge in [0.25, 0.3) is 0 Å². The molecule has 1 fully saturated rings. The fourth-order valence-corrected chi connectivity index (χ4v) is 1.80. The monoisotopic (exact) mass is 234 g/mol. The molecule has 0 saturated heterocycles. The van der Waals surface area contributed by atoms with Gasteiger partial charge in [-0.2, -0.15) is 0 Å². The molecule has 0 aromatic carbocycles. The third-order valence-electron chi connectivity index (χ3n) is 2.98. The molecule has 17 heavy (non-hydrogen) atoms. The molecule has 1 saturated carbocycles. The number of hydrogen-bond donors (Lipinski definition) is 1. The molecule has 94 valence electrons. The predicted octanol–water partition coefficient (Wildman–Crippen LogP) is 2.77. The zero-order valence-electron chi connectivity index (χ0n) is 10.4. The molecule has 2 rings (SSSR count). The Morgan fingerprint density at radius 3 is 2.88 bits per heavy atom. The molecule has 3 heteroatoms. The largest absolute Gasteiger partial charge is 0.492 e. The van der Waals surface area contributed by atoms with E-state index in [4.69, 9.17) is 4.74 Å². The Bertz CT molecular complexity index is 298. The van der Waals surface area contributed by atoms with Gasteiger partial charge in [-0.3, -0.25) is 4.98 Å². The van der Waals surface area contributed by atoms with Gasteiger partial charge in [0.15, 0.2) is 0 Å². The number of hydrogen-bond acceptors (Lipinski definition) is 3. The van der Waals surface area contributed by atoms with Crippen molar-refractivity contribution in [3.8, 4) is 5.75 Å². The summed E-state index contributed by atoms with van der Waals surface area (Å²) in [7, 11) is 0. The van der Waals surface area contributed by atoms with Crippen LogP contribution in [0.1, 0.15) is 38.5 Å². The van der Waals surface area contributed by atoms with Gasteiger partial charge in [-0.1, -0.05) is 12.8 Å². The van der Waals surface area contributed by atoms with Gasteiger partial charge in [0, 0.05) is 12.2 Å². The first-order chi connectivity index (χ1) is 8.45. The molecule has 1 N–H and O–H groups in total. The average Bonchev–Trinajstić information content (AvgIpc) is 3.18. The van der Waals surface area contributed by atoms with Gasteiger partial charge in [-0.15, -0.1) is 0 Å². The van der Waals surface area contributed by atoms with E-state index >= 15 is 0 Å². The van der Waals surface area contributed by atoms with Crippen molar-refractivity contribution in [2.75, 3.05) is 13.2 Å². The fourth-order valence-electron chi connectivity index (χ4n) is 1.80. The Balaban J connectivity index is 1.38. The van der Waals surface area contributed by atoms with Crippen LogP contribution in [0.2, 0.25) is 0 Å². The summed E-state index contributed by atoms with van der Waals surface area (Å²) in [5, 5.41) is 3.53. The Morgan fingerprint density at radius 2 is 2.12 bits per heavy atom. The molecule has 0 unspecified atom stereocenters. The van der Waals surface area contributed by atoms with Gasteiger partial charge in [0.1, 0.15) is 5.75 Å². The Labute approximate surface area is 104 Å². The molecule has 1 aromatic heterocycles. The van der Waals surface area contributed by atoms with Crippen LogP contribution in [0.5, 0.6) is 5.75 Å². The second kappa shape index (κ2) is 7.28. The van der Waals surface area contributed by atoms with Crippen LogP contribution in [0.25, 0.3) is 0 Å². The highest BCUT2D eigenvalue weighted by Crippen LogP contribution is 2.18. The van der Waals surface area contributed by atoms with Gasteiger partial charge in [-0.05, 0) is 44.4 Å². The molecule has 3 nitrogen and oxygen atoms in total. The van der Waals surface area contributed by atoms with Crippen LogP contribution in [0, 0.1) is 0 Å². The summed E-state index contributed by atoms with van der Waals surface area (Å²) in [4.78, 5) is 4.01. The number of aromatic nitrogens is 1. The van der Waals surface area contributed by atoms with Crippen molar-refractivity contribution in [1.82, 2.24) is 10.3 Å². The molecular weight excluding hydrogens is 212 g/mol. The summed E-state index contributed by atoms with van der Waals surface area (Å²) in [6, 6.07) is 4.70. The summed E-state index contributed by atoms with van der Waals surface area (Å²) in [5.41, 5.74) is 0. The fraction of sp³-hybridized carbons (Fsp3) is 0.643. The standard InChI is InChI=1S/C14H22N2O/c1(3-10-16-13-7-8-13)2-4-11-17-14-6-5-9-15-12-14/h5-6,9,12-13,16H,1-4,7-8,10-11H2. The van der Waals surface area contributed by atoms with E-state index in [-0.39, 0.29) is 0 Å². The molecule has 1 heterocycles. The van der Waals surface area contributed by atoms with E-state index in [0.29, 0.717) is 0 Å². The first kappa shape index (κ1) is 12.4. The summed E-state index contributed by atoms with van der Waals surface area (Å²) < 4.78 is 5.58. The molecule has 0 amide bonds. The summed E-state index contributed by atoms with van der Waals surface area (Å²) in [6.07, 6.45) is 11.3. The van der Waals surface area contributed by atoms with Gasteiger partial charge in [-0.25, -0.2) is 0 Å². The van der Waals surface area contributed by atoms with E-state index in [9.17, 15) is 0 Å². The predicted molar refractivity (Wildman–Crippen MR) is 69.2 cm³/mol. The van der Waals surface area contributed by atoms with E-state index < -0.39 is 0 Å². The van der Waals surface area contributed by atoms with E-state index in [2.05, 4.69) is 10.3 Å². The molecule has 0 aliphatic heterocycles. The maximum Gasteiger partial charge on any atom is 0.137 e. The lowest BCUT2D eigenvalue weighted by Crippen LogP contribution is -2.17. The van der Waals surface area contributed by atoms with Crippen LogP contribution in [0.15, 0.2) is 24.5 Å². The van der Waals surface area contributed by atoms with Crippen molar-refractivity contribution in [2.45, 2.75) is 44.6 Å². The summed E-state index contributed by atoms with van der Waals surface area (Å²) >= 11 is 0. The zero-order valence-corrected chi connectivity index (χ0v) is 10.4. The number of nitrogens with one attached hydrogen (secondary N) is 1. The Hall–Kier alpha value is -1.09. The highest BCUT2D eigenvalue weighted by Gasteiger charge is 2.19. The summed E-state index contributed by atoms with van der Waals surface area (Å²) in [6.45, 7) is 2.00. The van der Waals surface area contributed by atoms with Crippen molar-refractivity contribution in [3.05, 3.63) is 24.5 Å². The SMILES string of the molecule is c1cncc(OCCCCCCNC2CC2)c1. The van der Waals surface area contributed by atoms with Crippen LogP contribution < -0.4 is 10.1 Å². The highest BCUT2D eigenvalue weighted by molar-refractivity contribution is 5.15. The molecule has 0 bridgehead atoms. The normalized spacial score (nSPS) is 14.8. The quantitative estimate of drug-likeness (QED) is 0.667. The van der Waals surface area contributed by atoms with Crippen LogP contribution in [-0.2, 0) is 0 Å². The smallest absolute Gasteiger partial charge is 0.137 e. The van der Waals surface area contributed by atoms with Crippen molar-refractivity contribution in [3.63, 3.8) is 0 Å². The number of rotatable bonds is 9. The molecular formula is C14H22N2O.